The molecule has 0 radical (unpaired) electrons. The van der Waals surface area contributed by atoms with Gasteiger partial charge in [0.2, 0.25) is 0 Å². The Morgan fingerprint density at radius 3 is 2.75 bits per heavy atom. The van der Waals surface area contributed by atoms with Crippen LogP contribution in [0.1, 0.15) is 17.3 Å². The molecule has 0 aliphatic rings. The van der Waals surface area contributed by atoms with Crippen LogP contribution in [0.5, 0.6) is 0 Å². The van der Waals surface area contributed by atoms with Gasteiger partial charge in [-0.15, -0.1) is 11.3 Å². The Kier molecular flexibility index (Phi) is 5.12. The summed E-state index contributed by atoms with van der Waals surface area (Å²) in [6.07, 6.45) is 0. The summed E-state index contributed by atoms with van der Waals surface area (Å²) in [5.41, 5.74) is 2.76. The highest BCUT2D eigenvalue weighted by atomic mass is 32.1. The summed E-state index contributed by atoms with van der Waals surface area (Å²) in [5, 5.41) is 13.9. The Bertz CT molecular complexity index is 1570. The monoisotopic (exact) mass is 460 g/mol. The zero-order chi connectivity index (χ0) is 22.2. The Labute approximate surface area is 190 Å². The number of para-hydroxylation sites is 1. The van der Waals surface area contributed by atoms with E-state index in [0.717, 1.165) is 27.0 Å². The fraction of sp³-hybridized carbons (Fsp3) is 0.0870. The number of aromatic nitrogens is 2. The Morgan fingerprint density at radius 1 is 1.16 bits per heavy atom. The number of nitro groups is 1. The van der Waals surface area contributed by atoms with Crippen LogP contribution in [0.15, 0.2) is 71.0 Å². The Hall–Kier alpha value is -3.69. The lowest BCUT2D eigenvalue weighted by molar-refractivity contribution is -0.384. The molecule has 0 saturated heterocycles. The van der Waals surface area contributed by atoms with Gasteiger partial charge in [0.25, 0.3) is 11.6 Å². The van der Waals surface area contributed by atoms with E-state index >= 15 is 0 Å². The van der Waals surface area contributed by atoms with Gasteiger partial charge in [-0.2, -0.15) is 4.99 Å². The van der Waals surface area contributed by atoms with Crippen molar-refractivity contribution in [2.24, 2.45) is 4.99 Å². The van der Waals surface area contributed by atoms with Gasteiger partial charge in [-0.3, -0.25) is 14.9 Å². The lowest BCUT2D eigenvalue weighted by Crippen LogP contribution is -2.16. The molecule has 0 N–H and O–H groups in total. The normalized spacial score (nSPS) is 12.0. The zero-order valence-electron chi connectivity index (χ0n) is 16.9. The average Bonchev–Trinajstić information content (AvgIpc) is 3.45. The molecule has 0 aliphatic carbocycles. The van der Waals surface area contributed by atoms with E-state index in [2.05, 4.69) is 4.99 Å². The molecule has 0 saturated carbocycles. The minimum Gasteiger partial charge on any atom is -0.317 e. The maximum absolute atomic E-state index is 13.4. The van der Waals surface area contributed by atoms with Crippen molar-refractivity contribution in [2.45, 2.75) is 13.5 Å². The van der Waals surface area contributed by atoms with Crippen molar-refractivity contribution >= 4 is 55.4 Å². The van der Waals surface area contributed by atoms with E-state index in [9.17, 15) is 14.9 Å². The summed E-state index contributed by atoms with van der Waals surface area (Å²) in [5.74, 6) is -0.371. The van der Waals surface area contributed by atoms with E-state index < -0.39 is 4.92 Å². The van der Waals surface area contributed by atoms with Crippen LogP contribution >= 0.6 is 22.7 Å². The first-order chi connectivity index (χ1) is 15.5. The molecule has 5 aromatic rings. The molecular weight excluding hydrogens is 444 g/mol. The van der Waals surface area contributed by atoms with Crippen LogP contribution in [0.3, 0.4) is 0 Å². The molecule has 0 atom stereocenters. The number of hydrogen-bond donors (Lipinski definition) is 0. The highest BCUT2D eigenvalue weighted by Crippen LogP contribution is 2.28. The van der Waals surface area contributed by atoms with E-state index in [1.165, 1.54) is 23.5 Å². The van der Waals surface area contributed by atoms with Gasteiger partial charge < -0.3 is 4.57 Å². The molecule has 5 rings (SSSR count). The number of nitrogens with zero attached hydrogens (tertiary/aromatic N) is 4. The predicted octanol–water partition coefficient (Wildman–Crippen LogP) is 5.65. The first-order valence-electron chi connectivity index (χ1n) is 9.85. The van der Waals surface area contributed by atoms with Crippen molar-refractivity contribution < 1.29 is 9.72 Å². The number of non-ortho nitro benzene ring substituents is 1. The lowest BCUT2D eigenvalue weighted by Gasteiger charge is -2.06. The molecule has 7 nitrogen and oxygen atoms in total. The standard InChI is InChI=1S/C23H16N4O3S2/c1-2-26-19-10-9-14(27(29)30)12-21(19)32-23(26)25-22(28)16-13-18(20-8-5-11-31-20)24-17-7-4-3-6-15(16)17/h3-13H,2H2,1H3. The summed E-state index contributed by atoms with van der Waals surface area (Å²) in [6, 6.07) is 17.9. The molecule has 2 aromatic carbocycles. The number of fused-ring (bicyclic) bond motifs is 2. The minimum atomic E-state index is -0.424. The van der Waals surface area contributed by atoms with E-state index in [4.69, 9.17) is 4.98 Å². The van der Waals surface area contributed by atoms with E-state index in [-0.39, 0.29) is 11.6 Å². The van der Waals surface area contributed by atoms with Gasteiger partial charge >= 0.3 is 0 Å². The third-order valence-electron chi connectivity index (χ3n) is 5.11. The maximum atomic E-state index is 13.4. The van der Waals surface area contributed by atoms with Crippen LogP contribution in [-0.2, 0) is 6.54 Å². The first kappa shape index (κ1) is 20.2. The molecule has 0 bridgehead atoms. The number of thiazole rings is 1. The Balaban J connectivity index is 1.69. The number of nitro benzene ring substituents is 1. The number of pyridine rings is 1. The largest absolute Gasteiger partial charge is 0.317 e. The summed E-state index contributed by atoms with van der Waals surface area (Å²) in [4.78, 5) is 34.7. The minimum absolute atomic E-state index is 0.0144. The molecular formula is C23H16N4O3S2. The van der Waals surface area contributed by atoms with E-state index in [1.807, 2.05) is 53.3 Å². The molecule has 3 heterocycles. The SMILES string of the molecule is CCn1c(=NC(=O)c2cc(-c3cccs3)nc3ccccc23)sc2cc([N+](=O)[O-])ccc21. The van der Waals surface area contributed by atoms with Crippen LogP contribution in [0.4, 0.5) is 5.69 Å². The average molecular weight is 461 g/mol. The molecule has 1 amide bonds. The highest BCUT2D eigenvalue weighted by Gasteiger charge is 2.16. The molecule has 0 fully saturated rings. The third-order valence-corrected chi connectivity index (χ3v) is 7.04. The summed E-state index contributed by atoms with van der Waals surface area (Å²) < 4.78 is 2.61. The summed E-state index contributed by atoms with van der Waals surface area (Å²) in [6.45, 7) is 2.54. The van der Waals surface area contributed by atoms with Crippen molar-refractivity contribution in [3.63, 3.8) is 0 Å². The molecule has 0 aliphatic heterocycles. The molecule has 158 valence electrons. The number of carbonyl (C=O) groups excluding carboxylic acids is 1. The van der Waals surface area contributed by atoms with Gasteiger partial charge in [0.15, 0.2) is 4.80 Å². The zero-order valence-corrected chi connectivity index (χ0v) is 18.5. The maximum Gasteiger partial charge on any atom is 0.280 e. The quantitative estimate of drug-likeness (QED) is 0.256. The molecule has 3 aromatic heterocycles. The van der Waals surface area contributed by atoms with Crippen molar-refractivity contribution in [3.05, 3.63) is 86.5 Å². The van der Waals surface area contributed by atoms with Crippen LogP contribution in [-0.4, -0.2) is 20.4 Å². The van der Waals surface area contributed by atoms with Gasteiger partial charge in [-0.25, -0.2) is 4.98 Å². The summed E-state index contributed by atoms with van der Waals surface area (Å²) in [7, 11) is 0. The fourth-order valence-electron chi connectivity index (χ4n) is 3.62. The number of rotatable bonds is 4. The second-order valence-electron chi connectivity index (χ2n) is 7.00. The van der Waals surface area contributed by atoms with Crippen LogP contribution < -0.4 is 4.80 Å². The fourth-order valence-corrected chi connectivity index (χ4v) is 5.43. The van der Waals surface area contributed by atoms with Gasteiger partial charge in [0.1, 0.15) is 0 Å². The Morgan fingerprint density at radius 2 is 2.00 bits per heavy atom. The number of amides is 1. The van der Waals surface area contributed by atoms with Crippen molar-refractivity contribution in [1.82, 2.24) is 9.55 Å². The second kappa shape index (κ2) is 8.10. The van der Waals surface area contributed by atoms with Gasteiger partial charge in [0.05, 0.1) is 36.8 Å². The van der Waals surface area contributed by atoms with Crippen LogP contribution in [0.25, 0.3) is 31.7 Å². The highest BCUT2D eigenvalue weighted by molar-refractivity contribution is 7.16. The lowest BCUT2D eigenvalue weighted by atomic mass is 10.1. The molecule has 0 spiro atoms. The second-order valence-corrected chi connectivity index (χ2v) is 8.96. The van der Waals surface area contributed by atoms with Gasteiger partial charge in [0, 0.05) is 24.1 Å². The molecule has 32 heavy (non-hydrogen) atoms. The number of hydrogen-bond acceptors (Lipinski definition) is 6. The summed E-state index contributed by atoms with van der Waals surface area (Å²) >= 11 is 2.83. The van der Waals surface area contributed by atoms with Crippen molar-refractivity contribution in [1.29, 1.82) is 0 Å². The van der Waals surface area contributed by atoms with Gasteiger partial charge in [-0.05, 0) is 36.6 Å². The van der Waals surface area contributed by atoms with E-state index in [0.29, 0.717) is 21.6 Å². The predicted molar refractivity (Wildman–Crippen MR) is 127 cm³/mol. The number of aryl methyl sites for hydroxylation is 1. The number of carbonyl (C=O) groups is 1. The third kappa shape index (κ3) is 3.51. The van der Waals surface area contributed by atoms with Crippen LogP contribution in [0.2, 0.25) is 0 Å². The number of thiophene rings is 1. The molecule has 0 unspecified atom stereocenters. The smallest absolute Gasteiger partial charge is 0.280 e. The van der Waals surface area contributed by atoms with Crippen molar-refractivity contribution in [3.8, 4) is 10.6 Å². The number of benzene rings is 2. The topological polar surface area (TPSA) is 90.4 Å². The first-order valence-corrected chi connectivity index (χ1v) is 11.6. The molecule has 9 heteroatoms. The van der Waals surface area contributed by atoms with Crippen molar-refractivity contribution in [2.75, 3.05) is 0 Å². The van der Waals surface area contributed by atoms with E-state index in [1.54, 1.807) is 23.5 Å². The van der Waals surface area contributed by atoms with Gasteiger partial charge in [-0.1, -0.05) is 35.6 Å². The van der Waals surface area contributed by atoms with Crippen LogP contribution in [0, 0.1) is 10.1 Å².